The average Bonchev–Trinajstić information content (AvgIpc) is 2.82. The van der Waals surface area contributed by atoms with Gasteiger partial charge in [0.15, 0.2) is 6.10 Å². The van der Waals surface area contributed by atoms with Gasteiger partial charge in [0, 0.05) is 5.56 Å². The standard InChI is InChI=1S/C23H20N4O5/c1-15(21(29)26-27-22(30)16-7-3-2-4-8-16)32-23(31)19-9-5-6-10-20(19)25-24-17-11-13-18(28)14-12-17/h2-15,28H,1H3,(H,26,29)(H,27,30). The van der Waals surface area contributed by atoms with E-state index in [0.717, 1.165) is 0 Å². The molecular weight excluding hydrogens is 412 g/mol. The first-order chi connectivity index (χ1) is 15.4. The Labute approximate surface area is 183 Å². The summed E-state index contributed by atoms with van der Waals surface area (Å²) in [5.74, 6) is -1.88. The molecule has 1 atom stereocenters. The van der Waals surface area contributed by atoms with E-state index in [1.807, 2.05) is 0 Å². The molecule has 9 nitrogen and oxygen atoms in total. The van der Waals surface area contributed by atoms with Crippen LogP contribution in [0.2, 0.25) is 0 Å². The van der Waals surface area contributed by atoms with Crippen molar-refractivity contribution in [3.8, 4) is 5.75 Å². The first kappa shape index (κ1) is 22.2. The number of hydrogen-bond donors (Lipinski definition) is 3. The van der Waals surface area contributed by atoms with E-state index in [1.54, 1.807) is 60.7 Å². The molecule has 3 N–H and O–H groups in total. The van der Waals surface area contributed by atoms with Gasteiger partial charge in [-0.3, -0.25) is 20.4 Å². The third kappa shape index (κ3) is 5.99. The number of hydrogen-bond acceptors (Lipinski definition) is 7. The van der Waals surface area contributed by atoms with Crippen LogP contribution in [0.5, 0.6) is 5.75 Å². The highest BCUT2D eigenvalue weighted by Crippen LogP contribution is 2.24. The van der Waals surface area contributed by atoms with Gasteiger partial charge in [-0.25, -0.2) is 4.79 Å². The maximum Gasteiger partial charge on any atom is 0.341 e. The zero-order chi connectivity index (χ0) is 22.9. The van der Waals surface area contributed by atoms with Crippen molar-refractivity contribution in [2.45, 2.75) is 13.0 Å². The molecule has 0 aliphatic rings. The van der Waals surface area contributed by atoms with Crippen LogP contribution in [0.25, 0.3) is 0 Å². The Bertz CT molecular complexity index is 1130. The molecule has 0 heterocycles. The van der Waals surface area contributed by atoms with E-state index in [-0.39, 0.29) is 17.0 Å². The van der Waals surface area contributed by atoms with Gasteiger partial charge in [0.2, 0.25) is 0 Å². The van der Waals surface area contributed by atoms with Crippen LogP contribution in [0.1, 0.15) is 27.6 Å². The molecule has 0 fully saturated rings. The van der Waals surface area contributed by atoms with Crippen LogP contribution in [0.15, 0.2) is 89.1 Å². The van der Waals surface area contributed by atoms with Crippen LogP contribution in [0.4, 0.5) is 11.4 Å². The number of azo groups is 1. The first-order valence-electron chi connectivity index (χ1n) is 9.60. The van der Waals surface area contributed by atoms with E-state index in [2.05, 4.69) is 21.1 Å². The van der Waals surface area contributed by atoms with Crippen LogP contribution >= 0.6 is 0 Å². The maximum absolute atomic E-state index is 12.6. The van der Waals surface area contributed by atoms with E-state index in [0.29, 0.717) is 11.3 Å². The Morgan fingerprint density at radius 1 is 0.844 bits per heavy atom. The summed E-state index contributed by atoms with van der Waals surface area (Å²) in [7, 11) is 0. The van der Waals surface area contributed by atoms with Crippen molar-refractivity contribution in [1.29, 1.82) is 0 Å². The van der Waals surface area contributed by atoms with E-state index in [1.165, 1.54) is 25.1 Å². The SMILES string of the molecule is CC(OC(=O)c1ccccc1N=Nc1ccc(O)cc1)C(=O)NNC(=O)c1ccccc1. The molecule has 0 spiro atoms. The number of phenolic OH excluding ortho intramolecular Hbond substituents is 1. The van der Waals surface area contributed by atoms with E-state index in [9.17, 15) is 19.5 Å². The van der Waals surface area contributed by atoms with Gasteiger partial charge in [0.25, 0.3) is 11.8 Å². The minimum absolute atomic E-state index is 0.0974. The van der Waals surface area contributed by atoms with Crippen molar-refractivity contribution in [2.75, 3.05) is 0 Å². The van der Waals surface area contributed by atoms with Crippen LogP contribution in [-0.4, -0.2) is 29.0 Å². The van der Waals surface area contributed by atoms with Gasteiger partial charge < -0.3 is 9.84 Å². The highest BCUT2D eigenvalue weighted by Gasteiger charge is 2.21. The van der Waals surface area contributed by atoms with Crippen molar-refractivity contribution in [3.63, 3.8) is 0 Å². The minimum atomic E-state index is -1.18. The topological polar surface area (TPSA) is 129 Å². The van der Waals surface area contributed by atoms with E-state index >= 15 is 0 Å². The van der Waals surface area contributed by atoms with Gasteiger partial charge in [-0.1, -0.05) is 30.3 Å². The highest BCUT2D eigenvalue weighted by atomic mass is 16.5. The fourth-order valence-corrected chi connectivity index (χ4v) is 2.52. The fourth-order valence-electron chi connectivity index (χ4n) is 2.52. The van der Waals surface area contributed by atoms with Crippen molar-refractivity contribution in [2.24, 2.45) is 10.2 Å². The zero-order valence-corrected chi connectivity index (χ0v) is 17.1. The van der Waals surface area contributed by atoms with Crippen LogP contribution in [-0.2, 0) is 9.53 Å². The summed E-state index contributed by atoms with van der Waals surface area (Å²) in [6.07, 6.45) is -1.18. The van der Waals surface area contributed by atoms with Gasteiger partial charge in [-0.15, -0.1) is 5.11 Å². The molecule has 32 heavy (non-hydrogen) atoms. The fraction of sp³-hybridized carbons (Fsp3) is 0.0870. The van der Waals surface area contributed by atoms with Crippen molar-refractivity contribution in [3.05, 3.63) is 90.0 Å². The lowest BCUT2D eigenvalue weighted by Crippen LogP contribution is -2.46. The second kappa shape index (κ2) is 10.5. The summed E-state index contributed by atoms with van der Waals surface area (Å²) in [6, 6.07) is 20.8. The van der Waals surface area contributed by atoms with Crippen molar-refractivity contribution < 1.29 is 24.2 Å². The molecule has 1 unspecified atom stereocenters. The van der Waals surface area contributed by atoms with Crippen LogP contribution < -0.4 is 10.9 Å². The Balaban J connectivity index is 1.60. The number of esters is 1. The predicted molar refractivity (Wildman–Crippen MR) is 116 cm³/mol. The molecule has 9 heteroatoms. The molecule has 3 rings (SSSR count). The molecule has 0 aromatic heterocycles. The number of amides is 2. The lowest BCUT2D eigenvalue weighted by Gasteiger charge is -2.14. The average molecular weight is 432 g/mol. The zero-order valence-electron chi connectivity index (χ0n) is 17.1. The second-order valence-electron chi connectivity index (χ2n) is 6.59. The Kier molecular flexibility index (Phi) is 7.26. The number of phenols is 1. The molecule has 0 saturated carbocycles. The number of ether oxygens (including phenoxy) is 1. The molecule has 0 bridgehead atoms. The number of rotatable bonds is 6. The molecule has 0 radical (unpaired) electrons. The molecule has 0 saturated heterocycles. The van der Waals surface area contributed by atoms with Gasteiger partial charge >= 0.3 is 5.97 Å². The monoisotopic (exact) mass is 432 g/mol. The third-order valence-corrected chi connectivity index (χ3v) is 4.24. The molecule has 3 aromatic rings. The van der Waals surface area contributed by atoms with Crippen LogP contribution in [0, 0.1) is 0 Å². The van der Waals surface area contributed by atoms with Gasteiger partial charge in [-0.2, -0.15) is 5.11 Å². The highest BCUT2D eigenvalue weighted by molar-refractivity contribution is 5.98. The van der Waals surface area contributed by atoms with Gasteiger partial charge in [-0.05, 0) is 55.5 Å². The number of benzene rings is 3. The molecular formula is C23H20N4O5. The summed E-state index contributed by atoms with van der Waals surface area (Å²) in [5, 5.41) is 17.4. The quantitative estimate of drug-likeness (QED) is 0.310. The number of carbonyl (C=O) groups is 3. The van der Waals surface area contributed by atoms with Crippen LogP contribution in [0.3, 0.4) is 0 Å². The smallest absolute Gasteiger partial charge is 0.341 e. The van der Waals surface area contributed by atoms with Gasteiger partial charge in [0.1, 0.15) is 11.4 Å². The minimum Gasteiger partial charge on any atom is -0.508 e. The number of nitrogens with one attached hydrogen (secondary N) is 2. The molecule has 2 amide bonds. The van der Waals surface area contributed by atoms with Crippen molar-refractivity contribution >= 4 is 29.2 Å². The number of nitrogens with zero attached hydrogens (tertiary/aromatic N) is 2. The van der Waals surface area contributed by atoms with E-state index in [4.69, 9.17) is 4.74 Å². The molecule has 0 aliphatic carbocycles. The molecule has 3 aromatic carbocycles. The number of carbonyl (C=O) groups excluding carboxylic acids is 3. The predicted octanol–water partition coefficient (Wildman–Crippen LogP) is 3.81. The first-order valence-corrected chi connectivity index (χ1v) is 9.60. The second-order valence-corrected chi connectivity index (χ2v) is 6.59. The Morgan fingerprint density at radius 2 is 1.50 bits per heavy atom. The lowest BCUT2D eigenvalue weighted by atomic mass is 10.2. The Morgan fingerprint density at radius 3 is 2.22 bits per heavy atom. The number of aromatic hydroxyl groups is 1. The summed E-state index contributed by atoms with van der Waals surface area (Å²) in [4.78, 5) is 36.8. The third-order valence-electron chi connectivity index (χ3n) is 4.24. The number of hydrazine groups is 1. The molecule has 162 valence electrons. The summed E-state index contributed by atoms with van der Waals surface area (Å²) in [5.41, 5.74) is 5.70. The lowest BCUT2D eigenvalue weighted by molar-refractivity contribution is -0.129. The van der Waals surface area contributed by atoms with E-state index < -0.39 is 23.9 Å². The summed E-state index contributed by atoms with van der Waals surface area (Å²) >= 11 is 0. The normalized spacial score (nSPS) is 11.5. The Hall–Kier alpha value is -4.53. The largest absolute Gasteiger partial charge is 0.508 e. The maximum atomic E-state index is 12.6. The van der Waals surface area contributed by atoms with Gasteiger partial charge in [0.05, 0.1) is 11.3 Å². The molecule has 0 aliphatic heterocycles. The summed E-state index contributed by atoms with van der Waals surface area (Å²) in [6.45, 7) is 1.38. The van der Waals surface area contributed by atoms with Crippen molar-refractivity contribution in [1.82, 2.24) is 10.9 Å². The summed E-state index contributed by atoms with van der Waals surface area (Å²) < 4.78 is 5.21.